The van der Waals surface area contributed by atoms with Crippen LogP contribution in [0.25, 0.3) is 0 Å². The summed E-state index contributed by atoms with van der Waals surface area (Å²) in [5, 5.41) is 3.45. The zero-order chi connectivity index (χ0) is 10.6. The third-order valence-corrected chi connectivity index (χ3v) is 2.26. The molecule has 1 heterocycles. The Labute approximate surface area is 94.3 Å². The Morgan fingerprint density at radius 1 is 1.36 bits per heavy atom. The van der Waals surface area contributed by atoms with Gasteiger partial charge in [-0.25, -0.2) is 0 Å². The van der Waals surface area contributed by atoms with E-state index in [1.807, 2.05) is 6.20 Å². The molecule has 0 saturated heterocycles. The second-order valence-corrected chi connectivity index (χ2v) is 5.35. The number of aromatic nitrogens is 1. The molecule has 0 atom stereocenters. The summed E-state index contributed by atoms with van der Waals surface area (Å²) in [6.07, 6.45) is 4.74. The number of nitrogens with zero attached hydrogens (tertiary/aromatic N) is 1. The molecule has 0 aliphatic rings. The Balaban J connectivity index is 2.39. The van der Waals surface area contributed by atoms with Crippen LogP contribution in [-0.2, 0) is 6.42 Å². The van der Waals surface area contributed by atoms with Crippen LogP contribution in [-0.4, -0.2) is 17.1 Å². The monoisotopic (exact) mass is 256 g/mol. The van der Waals surface area contributed by atoms with E-state index in [2.05, 4.69) is 53.1 Å². The van der Waals surface area contributed by atoms with Crippen molar-refractivity contribution >= 4 is 15.9 Å². The average molecular weight is 257 g/mol. The molecule has 1 aromatic heterocycles. The van der Waals surface area contributed by atoms with Crippen molar-refractivity contribution < 1.29 is 0 Å². The van der Waals surface area contributed by atoms with Crippen molar-refractivity contribution in [1.29, 1.82) is 0 Å². The van der Waals surface area contributed by atoms with Crippen LogP contribution in [0.1, 0.15) is 26.3 Å². The number of pyridine rings is 1. The van der Waals surface area contributed by atoms with Crippen LogP contribution >= 0.6 is 15.9 Å². The van der Waals surface area contributed by atoms with Crippen LogP contribution in [0.5, 0.6) is 0 Å². The number of halogens is 1. The van der Waals surface area contributed by atoms with Gasteiger partial charge in [-0.1, -0.05) is 0 Å². The Morgan fingerprint density at radius 2 is 2.07 bits per heavy atom. The fourth-order valence-corrected chi connectivity index (χ4v) is 1.59. The van der Waals surface area contributed by atoms with Crippen molar-refractivity contribution in [3.8, 4) is 0 Å². The minimum atomic E-state index is 0.194. The molecule has 14 heavy (non-hydrogen) atoms. The fraction of sp³-hybridized carbons (Fsp3) is 0.545. The van der Waals surface area contributed by atoms with E-state index in [0.717, 1.165) is 17.4 Å². The van der Waals surface area contributed by atoms with Crippen molar-refractivity contribution in [2.24, 2.45) is 0 Å². The van der Waals surface area contributed by atoms with Gasteiger partial charge >= 0.3 is 0 Å². The summed E-state index contributed by atoms with van der Waals surface area (Å²) in [6.45, 7) is 7.51. The zero-order valence-corrected chi connectivity index (χ0v) is 10.6. The number of hydrogen-bond donors (Lipinski definition) is 1. The van der Waals surface area contributed by atoms with E-state index < -0.39 is 0 Å². The van der Waals surface area contributed by atoms with Crippen LogP contribution in [0, 0.1) is 0 Å². The third-order valence-electron chi connectivity index (χ3n) is 1.83. The number of rotatable bonds is 3. The zero-order valence-electron chi connectivity index (χ0n) is 8.97. The molecule has 0 saturated carbocycles. The smallest absolute Gasteiger partial charge is 0.0410 e. The van der Waals surface area contributed by atoms with Crippen LogP contribution < -0.4 is 5.32 Å². The van der Waals surface area contributed by atoms with Gasteiger partial charge in [-0.2, -0.15) is 0 Å². The number of hydrogen-bond acceptors (Lipinski definition) is 2. The summed E-state index contributed by atoms with van der Waals surface area (Å²) < 4.78 is 1.05. The van der Waals surface area contributed by atoms with E-state index in [0.29, 0.717) is 0 Å². The lowest BCUT2D eigenvalue weighted by atomic mass is 10.1. The van der Waals surface area contributed by atoms with Crippen LogP contribution in [0.4, 0.5) is 0 Å². The van der Waals surface area contributed by atoms with E-state index in [-0.39, 0.29) is 5.54 Å². The molecular formula is C11H17BrN2. The highest BCUT2D eigenvalue weighted by Crippen LogP contribution is 2.10. The maximum Gasteiger partial charge on any atom is 0.0410 e. The van der Waals surface area contributed by atoms with Crippen molar-refractivity contribution in [2.75, 3.05) is 6.54 Å². The summed E-state index contributed by atoms with van der Waals surface area (Å²) >= 11 is 3.41. The van der Waals surface area contributed by atoms with Crippen molar-refractivity contribution in [3.63, 3.8) is 0 Å². The van der Waals surface area contributed by atoms with Gasteiger partial charge in [0.05, 0.1) is 0 Å². The minimum Gasteiger partial charge on any atom is -0.312 e. The highest BCUT2D eigenvalue weighted by Gasteiger charge is 2.07. The lowest BCUT2D eigenvalue weighted by Gasteiger charge is -2.20. The highest BCUT2D eigenvalue weighted by molar-refractivity contribution is 9.10. The standard InChI is InChI=1S/C11H17BrN2/c1-11(2,3)14-5-4-9-6-10(12)8-13-7-9/h6-8,14H,4-5H2,1-3H3. The first kappa shape index (κ1) is 11.7. The molecule has 0 aliphatic heterocycles. The van der Waals surface area contributed by atoms with Crippen LogP contribution in [0.15, 0.2) is 22.9 Å². The van der Waals surface area contributed by atoms with Gasteiger partial charge in [0.25, 0.3) is 0 Å². The van der Waals surface area contributed by atoms with Crippen LogP contribution in [0.2, 0.25) is 0 Å². The predicted octanol–water partition coefficient (Wildman–Crippen LogP) is 2.77. The molecule has 1 N–H and O–H groups in total. The van der Waals surface area contributed by atoms with Crippen molar-refractivity contribution in [3.05, 3.63) is 28.5 Å². The van der Waals surface area contributed by atoms with E-state index in [4.69, 9.17) is 0 Å². The van der Waals surface area contributed by atoms with Crippen LogP contribution in [0.3, 0.4) is 0 Å². The first-order valence-electron chi connectivity index (χ1n) is 4.82. The molecule has 0 bridgehead atoms. The second kappa shape index (κ2) is 4.89. The first-order valence-corrected chi connectivity index (χ1v) is 5.61. The second-order valence-electron chi connectivity index (χ2n) is 4.44. The van der Waals surface area contributed by atoms with E-state index in [1.165, 1.54) is 5.56 Å². The predicted molar refractivity (Wildman–Crippen MR) is 63.4 cm³/mol. The van der Waals surface area contributed by atoms with Crippen molar-refractivity contribution in [2.45, 2.75) is 32.7 Å². The minimum absolute atomic E-state index is 0.194. The average Bonchev–Trinajstić information content (AvgIpc) is 2.01. The molecule has 2 nitrogen and oxygen atoms in total. The van der Waals surface area contributed by atoms with E-state index in [9.17, 15) is 0 Å². The first-order chi connectivity index (χ1) is 6.47. The Hall–Kier alpha value is -0.410. The van der Waals surface area contributed by atoms with Gasteiger partial charge < -0.3 is 5.32 Å². The molecule has 1 aromatic rings. The highest BCUT2D eigenvalue weighted by atomic mass is 79.9. The summed E-state index contributed by atoms with van der Waals surface area (Å²) in [7, 11) is 0. The molecular weight excluding hydrogens is 240 g/mol. The molecule has 1 rings (SSSR count). The molecule has 0 aromatic carbocycles. The van der Waals surface area contributed by atoms with E-state index >= 15 is 0 Å². The lowest BCUT2D eigenvalue weighted by Crippen LogP contribution is -2.37. The Bertz CT molecular complexity index is 292. The molecule has 0 radical (unpaired) electrons. The summed E-state index contributed by atoms with van der Waals surface area (Å²) in [5.41, 5.74) is 1.45. The summed E-state index contributed by atoms with van der Waals surface area (Å²) in [5.74, 6) is 0. The summed E-state index contributed by atoms with van der Waals surface area (Å²) in [4.78, 5) is 4.12. The molecule has 0 unspecified atom stereocenters. The van der Waals surface area contributed by atoms with E-state index in [1.54, 1.807) is 6.20 Å². The normalized spacial score (nSPS) is 11.7. The van der Waals surface area contributed by atoms with Gasteiger partial charge in [-0.15, -0.1) is 0 Å². The lowest BCUT2D eigenvalue weighted by molar-refractivity contribution is 0.429. The maximum atomic E-state index is 4.12. The molecule has 0 fully saturated rings. The van der Waals surface area contributed by atoms with Crippen molar-refractivity contribution in [1.82, 2.24) is 10.3 Å². The summed E-state index contributed by atoms with van der Waals surface area (Å²) in [6, 6.07) is 2.11. The van der Waals surface area contributed by atoms with Gasteiger partial charge in [0.2, 0.25) is 0 Å². The molecule has 0 amide bonds. The largest absolute Gasteiger partial charge is 0.312 e. The third kappa shape index (κ3) is 4.72. The molecule has 3 heteroatoms. The van der Waals surface area contributed by atoms with Gasteiger partial charge in [-0.3, -0.25) is 4.98 Å². The Morgan fingerprint density at radius 3 is 2.64 bits per heavy atom. The van der Waals surface area contributed by atoms with Gasteiger partial charge in [0.15, 0.2) is 0 Å². The quantitative estimate of drug-likeness (QED) is 0.900. The van der Waals surface area contributed by atoms with Gasteiger partial charge in [0.1, 0.15) is 0 Å². The van der Waals surface area contributed by atoms with Gasteiger partial charge in [0, 0.05) is 22.4 Å². The van der Waals surface area contributed by atoms with Gasteiger partial charge in [-0.05, 0) is 61.3 Å². The number of nitrogens with one attached hydrogen (secondary N) is 1. The molecule has 0 aliphatic carbocycles. The maximum absolute atomic E-state index is 4.12. The molecule has 78 valence electrons. The fourth-order valence-electron chi connectivity index (χ4n) is 1.17. The topological polar surface area (TPSA) is 24.9 Å². The SMILES string of the molecule is CC(C)(C)NCCc1cncc(Br)c1. The Kier molecular flexibility index (Phi) is 4.08. The molecule has 0 spiro atoms.